The molecule has 1 amide bonds. The van der Waals surface area contributed by atoms with Crippen molar-refractivity contribution in [3.05, 3.63) is 29.3 Å². The van der Waals surface area contributed by atoms with Crippen molar-refractivity contribution in [2.24, 2.45) is 0 Å². The molecule has 0 saturated carbocycles. The number of sulfonamides is 1. The van der Waals surface area contributed by atoms with Crippen LogP contribution in [0, 0.1) is 13.8 Å². The average molecular weight is 340 g/mol. The number of carbonyl (C=O) groups is 1. The minimum atomic E-state index is -3.55. The molecule has 0 saturated heterocycles. The van der Waals surface area contributed by atoms with E-state index in [4.69, 9.17) is 0 Å². The molecular formula is C17H28N2O3S. The number of hydrogen-bond acceptors (Lipinski definition) is 3. The lowest BCUT2D eigenvalue weighted by Gasteiger charge is -2.28. The van der Waals surface area contributed by atoms with Crippen molar-refractivity contribution < 1.29 is 13.2 Å². The van der Waals surface area contributed by atoms with Crippen molar-refractivity contribution in [2.45, 2.75) is 53.0 Å². The monoisotopic (exact) mass is 340 g/mol. The highest BCUT2D eigenvalue weighted by molar-refractivity contribution is 7.92. The zero-order valence-corrected chi connectivity index (χ0v) is 15.5. The van der Waals surface area contributed by atoms with Crippen molar-refractivity contribution in [1.29, 1.82) is 0 Å². The molecule has 5 nitrogen and oxygen atoms in total. The van der Waals surface area contributed by atoms with E-state index in [2.05, 4.69) is 12.2 Å². The molecule has 23 heavy (non-hydrogen) atoms. The highest BCUT2D eigenvalue weighted by Gasteiger charge is 2.29. The van der Waals surface area contributed by atoms with E-state index >= 15 is 0 Å². The summed E-state index contributed by atoms with van der Waals surface area (Å²) in [7, 11) is -3.55. The Labute approximate surface area is 140 Å². The molecule has 130 valence electrons. The van der Waals surface area contributed by atoms with Crippen LogP contribution in [0.4, 0.5) is 5.69 Å². The summed E-state index contributed by atoms with van der Waals surface area (Å²) < 4.78 is 25.6. The molecule has 1 aromatic carbocycles. The topological polar surface area (TPSA) is 66.5 Å². The standard InChI is InChI=1S/C17H28N2O3S/c1-6-7-8-11-18-17(20)15(4)19(23(5,21)22)16-10-9-13(2)14(3)12-16/h9-10,12,15H,6-8,11H2,1-5H3,(H,18,20)/t15-/m1/s1. The first-order valence-electron chi connectivity index (χ1n) is 8.02. The molecule has 6 heteroatoms. The number of unbranched alkanes of at least 4 members (excludes halogenated alkanes) is 2. The predicted octanol–water partition coefficient (Wildman–Crippen LogP) is 2.76. The van der Waals surface area contributed by atoms with Gasteiger partial charge in [0.05, 0.1) is 11.9 Å². The van der Waals surface area contributed by atoms with Crippen LogP contribution in [0.15, 0.2) is 18.2 Å². The average Bonchev–Trinajstić information content (AvgIpc) is 2.45. The van der Waals surface area contributed by atoms with Crippen LogP contribution in [0.3, 0.4) is 0 Å². The van der Waals surface area contributed by atoms with Gasteiger partial charge >= 0.3 is 0 Å². The molecule has 0 heterocycles. The third-order valence-corrected chi connectivity index (χ3v) is 5.15. The number of carbonyl (C=O) groups excluding carboxylic acids is 1. The molecule has 0 spiro atoms. The fourth-order valence-corrected chi connectivity index (χ4v) is 3.57. The molecule has 1 aromatic rings. The van der Waals surface area contributed by atoms with Gasteiger partial charge in [0.25, 0.3) is 0 Å². The maximum Gasteiger partial charge on any atom is 0.243 e. The van der Waals surface area contributed by atoms with Crippen molar-refractivity contribution in [3.8, 4) is 0 Å². The van der Waals surface area contributed by atoms with Gasteiger partial charge in [-0.05, 0) is 50.5 Å². The largest absolute Gasteiger partial charge is 0.354 e. The van der Waals surface area contributed by atoms with Gasteiger partial charge in [0.15, 0.2) is 0 Å². The van der Waals surface area contributed by atoms with Crippen LogP contribution in [0.1, 0.15) is 44.2 Å². The van der Waals surface area contributed by atoms with Gasteiger partial charge in [-0.1, -0.05) is 25.8 Å². The quantitative estimate of drug-likeness (QED) is 0.740. The van der Waals surface area contributed by atoms with Crippen LogP contribution < -0.4 is 9.62 Å². The Morgan fingerprint density at radius 3 is 2.39 bits per heavy atom. The third kappa shape index (κ3) is 5.53. The first-order chi connectivity index (χ1) is 10.7. The predicted molar refractivity (Wildman–Crippen MR) is 95.2 cm³/mol. The third-order valence-electron chi connectivity index (χ3n) is 3.91. The summed E-state index contributed by atoms with van der Waals surface area (Å²) in [5.74, 6) is -0.273. The molecular weight excluding hydrogens is 312 g/mol. The van der Waals surface area contributed by atoms with Gasteiger partial charge in [0.1, 0.15) is 6.04 Å². The number of nitrogens with one attached hydrogen (secondary N) is 1. The van der Waals surface area contributed by atoms with Crippen LogP contribution in [-0.2, 0) is 14.8 Å². The first kappa shape index (κ1) is 19.5. The van der Waals surface area contributed by atoms with Crippen LogP contribution in [0.25, 0.3) is 0 Å². The summed E-state index contributed by atoms with van der Waals surface area (Å²) in [6.07, 6.45) is 4.14. The summed E-state index contributed by atoms with van der Waals surface area (Å²) in [6, 6.07) is 4.63. The molecule has 1 N–H and O–H groups in total. The molecule has 0 aliphatic rings. The van der Waals surface area contributed by atoms with Gasteiger partial charge in [-0.15, -0.1) is 0 Å². The van der Waals surface area contributed by atoms with E-state index in [9.17, 15) is 13.2 Å². The number of hydrogen-bond donors (Lipinski definition) is 1. The van der Waals surface area contributed by atoms with Gasteiger partial charge in [-0.2, -0.15) is 0 Å². The number of rotatable bonds is 8. The summed E-state index contributed by atoms with van der Waals surface area (Å²) >= 11 is 0. The number of anilines is 1. The smallest absolute Gasteiger partial charge is 0.243 e. The molecule has 0 radical (unpaired) electrons. The van der Waals surface area contributed by atoms with E-state index in [0.29, 0.717) is 12.2 Å². The Balaban J connectivity index is 2.98. The molecule has 0 unspecified atom stereocenters. The number of nitrogens with zero attached hydrogens (tertiary/aromatic N) is 1. The minimum absolute atomic E-state index is 0.273. The van der Waals surface area contributed by atoms with E-state index in [-0.39, 0.29) is 5.91 Å². The molecule has 1 rings (SSSR count). The number of amides is 1. The van der Waals surface area contributed by atoms with E-state index in [1.807, 2.05) is 19.9 Å². The summed E-state index contributed by atoms with van der Waals surface area (Å²) in [5, 5.41) is 2.82. The number of benzene rings is 1. The van der Waals surface area contributed by atoms with E-state index in [1.165, 1.54) is 4.31 Å². The fourth-order valence-electron chi connectivity index (χ4n) is 2.41. The van der Waals surface area contributed by atoms with Gasteiger partial charge in [-0.25, -0.2) is 8.42 Å². The zero-order chi connectivity index (χ0) is 17.6. The number of aryl methyl sites for hydroxylation is 2. The SMILES string of the molecule is CCCCCNC(=O)[C@@H](C)N(c1ccc(C)c(C)c1)S(C)(=O)=O. The lowest BCUT2D eigenvalue weighted by molar-refractivity contribution is -0.121. The molecule has 0 bridgehead atoms. The van der Waals surface area contributed by atoms with E-state index in [0.717, 1.165) is 36.6 Å². The van der Waals surface area contributed by atoms with Gasteiger partial charge < -0.3 is 5.32 Å². The lowest BCUT2D eigenvalue weighted by Crippen LogP contribution is -2.48. The zero-order valence-electron chi connectivity index (χ0n) is 14.7. The van der Waals surface area contributed by atoms with Crippen molar-refractivity contribution in [3.63, 3.8) is 0 Å². The van der Waals surface area contributed by atoms with Crippen molar-refractivity contribution in [1.82, 2.24) is 5.32 Å². The van der Waals surface area contributed by atoms with Crippen LogP contribution in [0.2, 0.25) is 0 Å². The highest BCUT2D eigenvalue weighted by Crippen LogP contribution is 2.23. The Morgan fingerprint density at radius 2 is 1.87 bits per heavy atom. The second-order valence-corrected chi connectivity index (χ2v) is 7.86. The van der Waals surface area contributed by atoms with Crippen molar-refractivity contribution in [2.75, 3.05) is 17.1 Å². The van der Waals surface area contributed by atoms with Crippen LogP contribution >= 0.6 is 0 Å². The molecule has 0 aromatic heterocycles. The van der Waals surface area contributed by atoms with Gasteiger partial charge in [0, 0.05) is 6.54 Å². The maximum atomic E-state index is 12.3. The molecule has 0 aliphatic carbocycles. The maximum absolute atomic E-state index is 12.3. The highest BCUT2D eigenvalue weighted by atomic mass is 32.2. The van der Waals surface area contributed by atoms with Crippen molar-refractivity contribution >= 4 is 21.6 Å². The first-order valence-corrected chi connectivity index (χ1v) is 9.87. The Hall–Kier alpha value is -1.56. The van der Waals surface area contributed by atoms with Crippen LogP contribution in [0.5, 0.6) is 0 Å². The van der Waals surface area contributed by atoms with Crippen LogP contribution in [-0.4, -0.2) is 33.2 Å². The minimum Gasteiger partial charge on any atom is -0.354 e. The van der Waals surface area contributed by atoms with Gasteiger partial charge in [-0.3, -0.25) is 9.10 Å². The second kappa shape index (κ2) is 8.34. The fraction of sp³-hybridized carbons (Fsp3) is 0.588. The second-order valence-electron chi connectivity index (χ2n) is 6.00. The summed E-state index contributed by atoms with van der Waals surface area (Å²) in [5.41, 5.74) is 2.59. The van der Waals surface area contributed by atoms with E-state index < -0.39 is 16.1 Å². The summed E-state index contributed by atoms with van der Waals surface area (Å²) in [4.78, 5) is 12.3. The molecule has 0 fully saturated rings. The van der Waals surface area contributed by atoms with E-state index in [1.54, 1.807) is 19.1 Å². The Morgan fingerprint density at radius 1 is 1.22 bits per heavy atom. The van der Waals surface area contributed by atoms with Gasteiger partial charge in [0.2, 0.25) is 15.9 Å². The Kier molecular flexibility index (Phi) is 7.06. The lowest BCUT2D eigenvalue weighted by atomic mass is 10.1. The molecule has 1 atom stereocenters. The Bertz CT molecular complexity index is 641. The normalized spacial score (nSPS) is 12.7. The summed E-state index contributed by atoms with van der Waals surface area (Å²) in [6.45, 7) is 8.17. The molecule has 0 aliphatic heterocycles.